The van der Waals surface area contributed by atoms with Crippen LogP contribution >= 0.6 is 27.5 Å². The molecule has 0 fully saturated rings. The molecule has 0 saturated heterocycles. The fraction of sp³-hybridized carbons (Fsp3) is 0.357. The number of alkyl halides is 1. The number of phenolic OH excluding ortho intramolecular Hbond substituents is 1. The Bertz CT molecular complexity index is 331. The summed E-state index contributed by atoms with van der Waals surface area (Å²) in [5, 5.41) is 16.5. The van der Waals surface area contributed by atoms with Crippen molar-refractivity contribution in [3.8, 4) is 5.75 Å². The molecule has 1 rings (SSSR count). The molecular weight excluding hydrogens is 332 g/mol. The van der Waals surface area contributed by atoms with Crippen LogP contribution in [0.2, 0.25) is 0 Å². The molecule has 0 saturated carbocycles. The highest BCUT2D eigenvalue weighted by Gasteiger charge is 1.89. The highest BCUT2D eigenvalue weighted by Crippen LogP contribution is 2.21. The van der Waals surface area contributed by atoms with Crippen molar-refractivity contribution in [2.45, 2.75) is 26.2 Å². The van der Waals surface area contributed by atoms with Crippen LogP contribution < -0.4 is 0 Å². The zero-order chi connectivity index (χ0) is 15.1. The van der Waals surface area contributed by atoms with Crippen LogP contribution in [0, 0.1) is 0 Å². The molecule has 0 aliphatic heterocycles. The number of rotatable bonds is 4. The van der Waals surface area contributed by atoms with Crippen molar-refractivity contribution in [2.24, 2.45) is 0 Å². The SMILES string of the molecule is C=CC(=O)O.CCCCCCl.Oc1ccccc1Br. The molecule has 1 aromatic carbocycles. The van der Waals surface area contributed by atoms with Gasteiger partial charge in [0, 0.05) is 12.0 Å². The van der Waals surface area contributed by atoms with Crippen molar-refractivity contribution >= 4 is 33.5 Å². The van der Waals surface area contributed by atoms with Crippen LogP contribution in [0.15, 0.2) is 41.4 Å². The van der Waals surface area contributed by atoms with E-state index in [1.54, 1.807) is 18.2 Å². The molecule has 0 atom stereocenters. The minimum Gasteiger partial charge on any atom is -0.507 e. The molecule has 0 bridgehead atoms. The Morgan fingerprint density at radius 3 is 2.16 bits per heavy atom. The Morgan fingerprint density at radius 1 is 1.42 bits per heavy atom. The molecule has 1 aromatic rings. The summed E-state index contributed by atoms with van der Waals surface area (Å²) in [5.74, 6) is 0.130. The van der Waals surface area contributed by atoms with E-state index in [9.17, 15) is 4.79 Å². The minimum atomic E-state index is -0.981. The van der Waals surface area contributed by atoms with Gasteiger partial charge in [-0.05, 0) is 34.5 Å². The Morgan fingerprint density at radius 2 is 1.95 bits per heavy atom. The van der Waals surface area contributed by atoms with E-state index in [0.717, 1.165) is 16.4 Å². The van der Waals surface area contributed by atoms with Crippen LogP contribution in [0.5, 0.6) is 5.75 Å². The maximum Gasteiger partial charge on any atom is 0.327 e. The van der Waals surface area contributed by atoms with Gasteiger partial charge in [0.05, 0.1) is 4.47 Å². The minimum absolute atomic E-state index is 0.285. The van der Waals surface area contributed by atoms with E-state index in [4.69, 9.17) is 21.8 Å². The second kappa shape index (κ2) is 15.1. The Labute approximate surface area is 128 Å². The van der Waals surface area contributed by atoms with Crippen molar-refractivity contribution in [1.29, 1.82) is 0 Å². The van der Waals surface area contributed by atoms with Crippen molar-refractivity contribution < 1.29 is 15.0 Å². The lowest BCUT2D eigenvalue weighted by molar-refractivity contribution is -0.131. The molecule has 0 radical (unpaired) electrons. The molecule has 2 N–H and O–H groups in total. The van der Waals surface area contributed by atoms with Crippen molar-refractivity contribution in [1.82, 2.24) is 0 Å². The standard InChI is InChI=1S/C6H5BrO.C5H11Cl.C3H4O2/c7-5-3-1-2-4-6(5)8;1-2-3-4-5-6;1-2-3(4)5/h1-4,8H;2-5H2,1H3;2H,1H2,(H,4,5). The van der Waals surface area contributed by atoms with Gasteiger partial charge in [-0.3, -0.25) is 0 Å². The highest BCUT2D eigenvalue weighted by molar-refractivity contribution is 9.10. The first-order valence-electron chi connectivity index (χ1n) is 5.84. The van der Waals surface area contributed by atoms with Gasteiger partial charge in [0.25, 0.3) is 0 Å². The highest BCUT2D eigenvalue weighted by atomic mass is 79.9. The van der Waals surface area contributed by atoms with E-state index in [-0.39, 0.29) is 5.75 Å². The van der Waals surface area contributed by atoms with Crippen LogP contribution in [0.25, 0.3) is 0 Å². The molecule has 0 unspecified atom stereocenters. The summed E-state index contributed by atoms with van der Waals surface area (Å²) in [4.78, 5) is 9.25. The van der Waals surface area contributed by atoms with Gasteiger partial charge in [-0.1, -0.05) is 38.5 Å². The first kappa shape index (κ1) is 20.3. The average Bonchev–Trinajstić information content (AvgIpc) is 2.41. The Kier molecular flexibility index (Phi) is 16.1. The summed E-state index contributed by atoms with van der Waals surface area (Å²) in [7, 11) is 0. The second-order valence-electron chi connectivity index (χ2n) is 3.39. The molecule has 5 heteroatoms. The normalized spacial score (nSPS) is 8.37. The third kappa shape index (κ3) is 17.0. The number of aliphatic carboxylic acids is 1. The topological polar surface area (TPSA) is 57.5 Å². The lowest BCUT2D eigenvalue weighted by Crippen LogP contribution is -1.82. The molecule has 19 heavy (non-hydrogen) atoms. The first-order valence-corrected chi connectivity index (χ1v) is 7.17. The van der Waals surface area contributed by atoms with Crippen molar-refractivity contribution in [3.05, 3.63) is 41.4 Å². The van der Waals surface area contributed by atoms with Gasteiger partial charge in [0.1, 0.15) is 5.75 Å². The van der Waals surface area contributed by atoms with Gasteiger partial charge in [0.2, 0.25) is 0 Å². The zero-order valence-corrected chi connectivity index (χ0v) is 13.3. The number of halogens is 2. The predicted molar refractivity (Wildman–Crippen MR) is 83.9 cm³/mol. The van der Waals surface area contributed by atoms with E-state index < -0.39 is 5.97 Å². The summed E-state index contributed by atoms with van der Waals surface area (Å²) in [6, 6.07) is 7.04. The number of carboxylic acid groups (broad SMARTS) is 1. The second-order valence-corrected chi connectivity index (χ2v) is 4.62. The first-order chi connectivity index (χ1) is 8.99. The van der Waals surface area contributed by atoms with Gasteiger partial charge in [-0.25, -0.2) is 4.79 Å². The fourth-order valence-electron chi connectivity index (χ4n) is 0.796. The quantitative estimate of drug-likeness (QED) is 0.464. The van der Waals surface area contributed by atoms with Crippen LogP contribution in [-0.4, -0.2) is 22.1 Å². The number of hydrogen-bond acceptors (Lipinski definition) is 2. The van der Waals surface area contributed by atoms with E-state index in [0.29, 0.717) is 0 Å². The number of aromatic hydroxyl groups is 1. The van der Waals surface area contributed by atoms with Gasteiger partial charge in [-0.2, -0.15) is 0 Å². The van der Waals surface area contributed by atoms with Gasteiger partial charge < -0.3 is 10.2 Å². The molecule has 0 aromatic heterocycles. The Hall–Kier alpha value is -1.000. The van der Waals surface area contributed by atoms with E-state index in [1.807, 2.05) is 6.07 Å². The van der Waals surface area contributed by atoms with Gasteiger partial charge in [0.15, 0.2) is 0 Å². The number of benzene rings is 1. The number of phenols is 1. The maximum absolute atomic E-state index is 9.25. The number of carbonyl (C=O) groups is 1. The van der Waals surface area contributed by atoms with Crippen molar-refractivity contribution in [2.75, 3.05) is 5.88 Å². The molecule has 0 amide bonds. The molecule has 0 aliphatic carbocycles. The summed E-state index contributed by atoms with van der Waals surface area (Å²) < 4.78 is 0.736. The molecule has 0 spiro atoms. The largest absolute Gasteiger partial charge is 0.507 e. The van der Waals surface area contributed by atoms with Crippen LogP contribution in [0.4, 0.5) is 0 Å². The van der Waals surface area contributed by atoms with Gasteiger partial charge in [-0.15, -0.1) is 11.6 Å². The number of unbranched alkanes of at least 4 members (excludes halogenated alkanes) is 2. The lowest BCUT2D eigenvalue weighted by atomic mass is 10.3. The fourth-order valence-corrected chi connectivity index (χ4v) is 1.27. The van der Waals surface area contributed by atoms with Gasteiger partial charge >= 0.3 is 5.97 Å². The van der Waals surface area contributed by atoms with E-state index in [1.165, 1.54) is 19.3 Å². The van der Waals surface area contributed by atoms with Crippen LogP contribution in [-0.2, 0) is 4.79 Å². The van der Waals surface area contributed by atoms with E-state index >= 15 is 0 Å². The number of para-hydroxylation sites is 1. The summed E-state index contributed by atoms with van der Waals surface area (Å²) in [6.07, 6.45) is 4.56. The van der Waals surface area contributed by atoms with Crippen LogP contribution in [0.3, 0.4) is 0 Å². The predicted octanol–water partition coefficient (Wildman–Crippen LogP) is 4.83. The number of hydrogen-bond donors (Lipinski definition) is 2. The maximum atomic E-state index is 9.25. The third-order valence-electron chi connectivity index (χ3n) is 1.76. The van der Waals surface area contributed by atoms with Crippen LogP contribution in [0.1, 0.15) is 26.2 Å². The molecular formula is C14H20BrClO3. The smallest absolute Gasteiger partial charge is 0.327 e. The Balaban J connectivity index is 0. The lowest BCUT2D eigenvalue weighted by Gasteiger charge is -1.90. The summed E-state index contributed by atoms with van der Waals surface area (Å²) in [6.45, 7) is 5.13. The summed E-state index contributed by atoms with van der Waals surface area (Å²) in [5.41, 5.74) is 0. The molecule has 0 heterocycles. The summed E-state index contributed by atoms with van der Waals surface area (Å²) >= 11 is 8.53. The third-order valence-corrected chi connectivity index (χ3v) is 2.70. The average molecular weight is 352 g/mol. The van der Waals surface area contributed by atoms with Crippen molar-refractivity contribution in [3.63, 3.8) is 0 Å². The zero-order valence-electron chi connectivity index (χ0n) is 11.0. The monoisotopic (exact) mass is 350 g/mol. The van der Waals surface area contributed by atoms with E-state index in [2.05, 4.69) is 29.4 Å². The molecule has 0 aliphatic rings. The molecule has 108 valence electrons. The number of carboxylic acids is 1. The molecule has 3 nitrogen and oxygen atoms in total.